The van der Waals surface area contributed by atoms with Gasteiger partial charge in [-0.05, 0) is 65.4 Å². The van der Waals surface area contributed by atoms with Crippen LogP contribution in [-0.2, 0) is 0 Å². The van der Waals surface area contributed by atoms with Crippen LogP contribution >= 0.6 is 22.6 Å². The molecule has 0 aliphatic carbocycles. The molecule has 0 aliphatic heterocycles. The zero-order valence-electron chi connectivity index (χ0n) is 9.71. The van der Waals surface area contributed by atoms with E-state index in [-0.39, 0.29) is 5.91 Å². The molecule has 1 N–H and O–H groups in total. The van der Waals surface area contributed by atoms with Gasteiger partial charge in [-0.1, -0.05) is 12.1 Å². The van der Waals surface area contributed by atoms with Crippen LogP contribution in [0.25, 0.3) is 0 Å². The third-order valence-corrected chi connectivity index (χ3v) is 3.37. The molecule has 18 heavy (non-hydrogen) atoms. The van der Waals surface area contributed by atoms with Crippen LogP contribution in [-0.4, -0.2) is 5.91 Å². The molecule has 2 aromatic carbocycles. The molecule has 0 radical (unpaired) electrons. The zero-order valence-corrected chi connectivity index (χ0v) is 11.9. The lowest BCUT2D eigenvalue weighted by molar-refractivity contribution is 0.102. The number of hydrogen-bond acceptors (Lipinski definition) is 1. The van der Waals surface area contributed by atoms with Gasteiger partial charge in [0, 0.05) is 9.13 Å². The number of halogens is 2. The highest BCUT2D eigenvalue weighted by Crippen LogP contribution is 2.18. The molecule has 0 spiro atoms. The first kappa shape index (κ1) is 13.0. The lowest BCUT2D eigenvalue weighted by Gasteiger charge is -2.07. The third-order valence-electron chi connectivity index (χ3n) is 2.43. The molecule has 4 heteroatoms. The number of carbonyl (C=O) groups excluding carboxylic acids is 1. The number of benzene rings is 2. The molecular weight excluding hydrogens is 344 g/mol. The van der Waals surface area contributed by atoms with E-state index >= 15 is 0 Å². The number of amides is 1. The number of aryl methyl sites for hydroxylation is 1. The normalized spacial score (nSPS) is 10.2. The van der Waals surface area contributed by atoms with Crippen molar-refractivity contribution in [3.63, 3.8) is 0 Å². The average molecular weight is 355 g/mol. The molecule has 0 bridgehead atoms. The summed E-state index contributed by atoms with van der Waals surface area (Å²) in [6, 6.07) is 11.7. The van der Waals surface area contributed by atoms with E-state index in [0.29, 0.717) is 5.56 Å². The van der Waals surface area contributed by atoms with E-state index in [4.69, 9.17) is 0 Å². The number of anilines is 1. The molecule has 0 saturated heterocycles. The second kappa shape index (κ2) is 5.48. The lowest BCUT2D eigenvalue weighted by atomic mass is 10.1. The van der Waals surface area contributed by atoms with Gasteiger partial charge in [0.25, 0.3) is 5.91 Å². The van der Waals surface area contributed by atoms with Crippen molar-refractivity contribution in [2.45, 2.75) is 6.92 Å². The van der Waals surface area contributed by atoms with Crippen molar-refractivity contribution in [3.05, 3.63) is 63.0 Å². The van der Waals surface area contributed by atoms with Gasteiger partial charge in [0.1, 0.15) is 5.82 Å². The van der Waals surface area contributed by atoms with Crippen molar-refractivity contribution in [1.29, 1.82) is 0 Å². The summed E-state index contributed by atoms with van der Waals surface area (Å²) in [6.45, 7) is 1.76. The Morgan fingerprint density at radius 2 is 1.94 bits per heavy atom. The molecule has 0 heterocycles. The highest BCUT2D eigenvalue weighted by molar-refractivity contribution is 14.1. The number of carbonyl (C=O) groups is 1. The van der Waals surface area contributed by atoms with Gasteiger partial charge in [0.2, 0.25) is 0 Å². The Morgan fingerprint density at radius 1 is 1.22 bits per heavy atom. The number of rotatable bonds is 2. The van der Waals surface area contributed by atoms with E-state index in [2.05, 4.69) is 27.9 Å². The van der Waals surface area contributed by atoms with E-state index < -0.39 is 5.82 Å². The van der Waals surface area contributed by atoms with Crippen LogP contribution in [0.15, 0.2) is 42.5 Å². The smallest absolute Gasteiger partial charge is 0.255 e. The molecule has 1 amide bonds. The summed E-state index contributed by atoms with van der Waals surface area (Å²) >= 11 is 2.14. The summed E-state index contributed by atoms with van der Waals surface area (Å²) in [5.41, 5.74) is 1.78. The maximum atomic E-state index is 13.2. The van der Waals surface area contributed by atoms with Crippen LogP contribution in [0.1, 0.15) is 15.9 Å². The molecule has 0 atom stereocenters. The van der Waals surface area contributed by atoms with Gasteiger partial charge >= 0.3 is 0 Å². The third kappa shape index (κ3) is 3.07. The molecule has 0 aliphatic rings. The summed E-state index contributed by atoms with van der Waals surface area (Å²) in [5, 5.41) is 2.77. The standard InChI is InChI=1S/C14H11FINO/c1-9-6-10(8-11(15)7-9)14(18)17-13-5-3-2-4-12(13)16/h2-8H,1H3,(H,17,18). The fraction of sp³-hybridized carbons (Fsp3) is 0.0714. The largest absolute Gasteiger partial charge is 0.321 e. The molecule has 0 aromatic heterocycles. The molecule has 2 rings (SSSR count). The molecule has 92 valence electrons. The summed E-state index contributed by atoms with van der Waals surface area (Å²) in [7, 11) is 0. The van der Waals surface area contributed by atoms with E-state index in [9.17, 15) is 9.18 Å². The lowest BCUT2D eigenvalue weighted by Crippen LogP contribution is -2.13. The van der Waals surface area contributed by atoms with Crippen LogP contribution in [0.2, 0.25) is 0 Å². The predicted molar refractivity (Wildman–Crippen MR) is 78.2 cm³/mol. The number of hydrogen-bond donors (Lipinski definition) is 1. The van der Waals surface area contributed by atoms with Gasteiger partial charge in [-0.3, -0.25) is 4.79 Å². The van der Waals surface area contributed by atoms with Crippen molar-refractivity contribution < 1.29 is 9.18 Å². The monoisotopic (exact) mass is 355 g/mol. The predicted octanol–water partition coefficient (Wildman–Crippen LogP) is 3.99. The van der Waals surface area contributed by atoms with E-state index in [1.165, 1.54) is 12.1 Å². The van der Waals surface area contributed by atoms with Crippen LogP contribution in [0.4, 0.5) is 10.1 Å². The Hall–Kier alpha value is -1.43. The quantitative estimate of drug-likeness (QED) is 0.811. The van der Waals surface area contributed by atoms with E-state index in [0.717, 1.165) is 14.8 Å². The second-order valence-corrected chi connectivity index (χ2v) is 5.11. The fourth-order valence-electron chi connectivity index (χ4n) is 1.62. The molecule has 0 saturated carbocycles. The van der Waals surface area contributed by atoms with Crippen LogP contribution in [0.5, 0.6) is 0 Å². The van der Waals surface area contributed by atoms with Gasteiger partial charge in [0.05, 0.1) is 5.69 Å². The minimum Gasteiger partial charge on any atom is -0.321 e. The van der Waals surface area contributed by atoms with E-state index in [1.54, 1.807) is 13.0 Å². The minimum atomic E-state index is -0.400. The summed E-state index contributed by atoms with van der Waals surface area (Å²) in [4.78, 5) is 12.0. The molecule has 0 fully saturated rings. The molecule has 2 nitrogen and oxygen atoms in total. The average Bonchev–Trinajstić information content (AvgIpc) is 2.31. The van der Waals surface area contributed by atoms with Gasteiger partial charge in [-0.25, -0.2) is 4.39 Å². The highest BCUT2D eigenvalue weighted by Gasteiger charge is 2.09. The Bertz CT molecular complexity index is 578. The van der Waals surface area contributed by atoms with Crippen LogP contribution in [0.3, 0.4) is 0 Å². The maximum Gasteiger partial charge on any atom is 0.255 e. The zero-order chi connectivity index (χ0) is 13.1. The first-order valence-corrected chi connectivity index (χ1v) is 6.47. The molecule has 0 unspecified atom stereocenters. The van der Waals surface area contributed by atoms with Crippen LogP contribution < -0.4 is 5.32 Å². The maximum absolute atomic E-state index is 13.2. The SMILES string of the molecule is Cc1cc(F)cc(C(=O)Nc2ccccc2I)c1. The van der Waals surface area contributed by atoms with Gasteiger partial charge < -0.3 is 5.32 Å². The van der Waals surface area contributed by atoms with Crippen molar-refractivity contribution >= 4 is 34.2 Å². The number of para-hydroxylation sites is 1. The minimum absolute atomic E-state index is 0.304. The van der Waals surface area contributed by atoms with Crippen molar-refractivity contribution in [3.8, 4) is 0 Å². The van der Waals surface area contributed by atoms with Gasteiger partial charge in [-0.2, -0.15) is 0 Å². The Kier molecular flexibility index (Phi) is 3.96. The Labute approximate surface area is 118 Å². The summed E-state index contributed by atoms with van der Waals surface area (Å²) in [5.74, 6) is -0.704. The second-order valence-electron chi connectivity index (χ2n) is 3.95. The Morgan fingerprint density at radius 3 is 2.61 bits per heavy atom. The van der Waals surface area contributed by atoms with Crippen molar-refractivity contribution in [2.75, 3.05) is 5.32 Å². The first-order chi connectivity index (χ1) is 8.56. The van der Waals surface area contributed by atoms with Gasteiger partial charge in [0.15, 0.2) is 0 Å². The molecular formula is C14H11FINO. The van der Waals surface area contributed by atoms with E-state index in [1.807, 2.05) is 24.3 Å². The Balaban J connectivity index is 2.25. The van der Waals surface area contributed by atoms with Crippen molar-refractivity contribution in [1.82, 2.24) is 0 Å². The van der Waals surface area contributed by atoms with Crippen LogP contribution in [0, 0.1) is 16.3 Å². The summed E-state index contributed by atoms with van der Waals surface area (Å²) < 4.78 is 14.2. The summed E-state index contributed by atoms with van der Waals surface area (Å²) in [6.07, 6.45) is 0. The highest BCUT2D eigenvalue weighted by atomic mass is 127. The van der Waals surface area contributed by atoms with Crippen molar-refractivity contribution in [2.24, 2.45) is 0 Å². The fourth-order valence-corrected chi connectivity index (χ4v) is 2.15. The topological polar surface area (TPSA) is 29.1 Å². The van der Waals surface area contributed by atoms with Gasteiger partial charge in [-0.15, -0.1) is 0 Å². The first-order valence-electron chi connectivity index (χ1n) is 5.39. The molecule has 2 aromatic rings. The number of nitrogens with one attached hydrogen (secondary N) is 1.